The van der Waals surface area contributed by atoms with Gasteiger partial charge >= 0.3 is 0 Å². The van der Waals surface area contributed by atoms with Crippen molar-refractivity contribution in [2.75, 3.05) is 9.80 Å². The molecule has 0 bridgehead atoms. The summed E-state index contributed by atoms with van der Waals surface area (Å²) in [6, 6.07) is 84.5. The van der Waals surface area contributed by atoms with E-state index in [4.69, 9.17) is 0 Å². The highest BCUT2D eigenvalue weighted by molar-refractivity contribution is 6.15. The lowest BCUT2D eigenvalue weighted by atomic mass is 9.99. The smallest absolute Gasteiger partial charge is 0.0547 e. The molecule has 0 aliphatic carbocycles. The van der Waals surface area contributed by atoms with Crippen molar-refractivity contribution in [3.05, 3.63) is 237 Å². The van der Waals surface area contributed by atoms with E-state index in [1.807, 2.05) is 0 Å². The molecule has 0 aliphatic heterocycles. The van der Waals surface area contributed by atoms with Gasteiger partial charge in [-0.1, -0.05) is 140 Å². The molecule has 0 atom stereocenters. The number of nitrogens with zero attached hydrogens (tertiary/aromatic N) is 3. The maximum absolute atomic E-state index is 2.42. The number of aromatic nitrogens is 1. The molecule has 0 saturated heterocycles. The first kappa shape index (κ1) is 33.9. The van der Waals surface area contributed by atoms with Gasteiger partial charge in [-0.25, -0.2) is 0 Å². The molecule has 0 radical (unpaired) electrons. The van der Waals surface area contributed by atoms with Crippen LogP contribution in [-0.2, 0) is 0 Å². The van der Waals surface area contributed by atoms with Crippen molar-refractivity contribution in [2.24, 2.45) is 0 Å². The van der Waals surface area contributed by atoms with E-state index in [-0.39, 0.29) is 0 Å². The van der Waals surface area contributed by atoms with Gasteiger partial charge in [-0.2, -0.15) is 0 Å². The highest BCUT2D eigenvalue weighted by Crippen LogP contribution is 2.41. The number of para-hydroxylation sites is 5. The van der Waals surface area contributed by atoms with E-state index in [0.717, 1.165) is 39.8 Å². The van der Waals surface area contributed by atoms with Crippen molar-refractivity contribution >= 4 is 55.9 Å². The number of hydrogen-bond donors (Lipinski definition) is 0. The Balaban J connectivity index is 1.03. The fourth-order valence-electron chi connectivity index (χ4n) is 8.16. The number of hydrogen-bond acceptors (Lipinski definition) is 2. The first-order valence-electron chi connectivity index (χ1n) is 19.4. The van der Waals surface area contributed by atoms with Gasteiger partial charge in [0, 0.05) is 50.6 Å². The van der Waals surface area contributed by atoms with Crippen molar-refractivity contribution in [3.8, 4) is 27.9 Å². The topological polar surface area (TPSA) is 11.4 Å². The minimum Gasteiger partial charge on any atom is -0.311 e. The van der Waals surface area contributed by atoms with Crippen LogP contribution in [0.3, 0.4) is 0 Å². The van der Waals surface area contributed by atoms with Crippen LogP contribution < -0.4 is 9.80 Å². The summed E-state index contributed by atoms with van der Waals surface area (Å²) in [6.45, 7) is 0. The van der Waals surface area contributed by atoms with Crippen LogP contribution in [0, 0.1) is 0 Å². The van der Waals surface area contributed by atoms with E-state index >= 15 is 0 Å². The van der Waals surface area contributed by atoms with Gasteiger partial charge in [0.1, 0.15) is 0 Å². The van der Waals surface area contributed by atoms with Gasteiger partial charge < -0.3 is 14.4 Å². The number of fused-ring (bicyclic) bond motifs is 3. The van der Waals surface area contributed by atoms with Gasteiger partial charge in [0.2, 0.25) is 0 Å². The Hall–Kier alpha value is -7.62. The van der Waals surface area contributed by atoms with Crippen molar-refractivity contribution in [1.29, 1.82) is 0 Å². The van der Waals surface area contributed by atoms with Crippen molar-refractivity contribution in [1.82, 2.24) is 4.57 Å². The van der Waals surface area contributed by atoms with Gasteiger partial charge in [0.25, 0.3) is 0 Å². The van der Waals surface area contributed by atoms with Crippen LogP contribution in [0.5, 0.6) is 0 Å². The monoisotopic (exact) mass is 729 g/mol. The summed E-state index contributed by atoms with van der Waals surface area (Å²) in [7, 11) is 0. The molecule has 9 aromatic carbocycles. The molecule has 0 aliphatic rings. The normalized spacial score (nSPS) is 11.2. The van der Waals surface area contributed by atoms with E-state index in [0.29, 0.717) is 0 Å². The molecule has 0 unspecified atom stereocenters. The number of benzene rings is 9. The molecule has 0 saturated carbocycles. The molecule has 1 heterocycles. The van der Waals surface area contributed by atoms with Crippen molar-refractivity contribution in [2.45, 2.75) is 0 Å². The molecule has 1 aromatic heterocycles. The molecule has 57 heavy (non-hydrogen) atoms. The van der Waals surface area contributed by atoms with E-state index < -0.39 is 0 Å². The largest absolute Gasteiger partial charge is 0.311 e. The summed E-state index contributed by atoms with van der Waals surface area (Å²) >= 11 is 0. The fourth-order valence-corrected chi connectivity index (χ4v) is 8.16. The standard InChI is InChI=1S/C54H39N3/c1-5-18-43(19-6-1)55(44-20-7-2-8-21-44)47-35-31-40(32-36-47)42-17-15-26-49(39-42)57-52-29-14-13-27-51(52)54-50(28-16-30-53(54)57)41-33-37-48(38-34-41)56(45-22-9-3-10-23-45)46-24-11-4-12-25-46/h1-39H. The summed E-state index contributed by atoms with van der Waals surface area (Å²) in [5.74, 6) is 0. The third kappa shape index (κ3) is 6.41. The molecule has 0 amide bonds. The van der Waals surface area contributed by atoms with Crippen LogP contribution >= 0.6 is 0 Å². The second kappa shape index (κ2) is 14.9. The minimum absolute atomic E-state index is 1.11. The Morgan fingerprint density at radius 1 is 0.281 bits per heavy atom. The predicted octanol–water partition coefficient (Wildman–Crippen LogP) is 15.1. The Morgan fingerprint density at radius 3 is 1.23 bits per heavy atom. The highest BCUT2D eigenvalue weighted by Gasteiger charge is 2.18. The second-order valence-corrected chi connectivity index (χ2v) is 14.2. The van der Waals surface area contributed by atoms with Crippen LogP contribution in [0.1, 0.15) is 0 Å². The molecule has 0 fully saturated rings. The predicted molar refractivity (Wildman–Crippen MR) is 241 cm³/mol. The second-order valence-electron chi connectivity index (χ2n) is 14.2. The third-order valence-corrected chi connectivity index (χ3v) is 10.8. The first-order chi connectivity index (χ1) is 28.3. The van der Waals surface area contributed by atoms with Gasteiger partial charge in [-0.05, 0) is 119 Å². The average Bonchev–Trinajstić information content (AvgIpc) is 3.63. The van der Waals surface area contributed by atoms with Crippen molar-refractivity contribution in [3.63, 3.8) is 0 Å². The lowest BCUT2D eigenvalue weighted by Crippen LogP contribution is -2.09. The summed E-state index contributed by atoms with van der Waals surface area (Å²) < 4.78 is 2.42. The third-order valence-electron chi connectivity index (χ3n) is 10.8. The van der Waals surface area contributed by atoms with Crippen LogP contribution in [0.25, 0.3) is 49.7 Å². The maximum atomic E-state index is 2.42. The van der Waals surface area contributed by atoms with E-state index in [2.05, 4.69) is 251 Å². The van der Waals surface area contributed by atoms with Crippen LogP contribution in [0.4, 0.5) is 34.1 Å². The zero-order chi connectivity index (χ0) is 38.0. The quantitative estimate of drug-likeness (QED) is 0.147. The van der Waals surface area contributed by atoms with Crippen molar-refractivity contribution < 1.29 is 0 Å². The summed E-state index contributed by atoms with van der Waals surface area (Å²) in [5.41, 5.74) is 15.0. The zero-order valence-corrected chi connectivity index (χ0v) is 31.4. The molecule has 0 spiro atoms. The minimum atomic E-state index is 1.11. The number of rotatable bonds is 9. The van der Waals surface area contributed by atoms with E-state index in [1.54, 1.807) is 0 Å². The van der Waals surface area contributed by atoms with Crippen LogP contribution in [0.2, 0.25) is 0 Å². The van der Waals surface area contributed by atoms with Gasteiger partial charge in [-0.3, -0.25) is 0 Å². The Morgan fingerprint density at radius 2 is 0.702 bits per heavy atom. The van der Waals surface area contributed by atoms with E-state index in [9.17, 15) is 0 Å². The molecule has 10 aromatic rings. The van der Waals surface area contributed by atoms with Gasteiger partial charge in [0.15, 0.2) is 0 Å². The molecule has 270 valence electrons. The SMILES string of the molecule is c1ccc(N(c2ccccc2)c2ccc(-c3cccc(-n4c5ccccc5c5c(-c6ccc(N(c7ccccc7)c7ccccc7)cc6)cccc54)c3)cc2)cc1. The summed E-state index contributed by atoms with van der Waals surface area (Å²) in [6.07, 6.45) is 0. The highest BCUT2D eigenvalue weighted by atomic mass is 15.1. The van der Waals surface area contributed by atoms with E-state index in [1.165, 1.54) is 44.1 Å². The fraction of sp³-hybridized carbons (Fsp3) is 0. The Kier molecular flexibility index (Phi) is 8.86. The lowest BCUT2D eigenvalue weighted by molar-refractivity contribution is 1.18. The average molecular weight is 730 g/mol. The Bertz CT molecular complexity index is 2840. The summed E-state index contributed by atoms with van der Waals surface area (Å²) in [5, 5.41) is 2.49. The lowest BCUT2D eigenvalue weighted by Gasteiger charge is -2.25. The molecule has 0 N–H and O–H groups in total. The first-order valence-corrected chi connectivity index (χ1v) is 19.4. The maximum Gasteiger partial charge on any atom is 0.0547 e. The zero-order valence-electron chi connectivity index (χ0n) is 31.4. The van der Waals surface area contributed by atoms with Crippen LogP contribution in [0.15, 0.2) is 237 Å². The van der Waals surface area contributed by atoms with Gasteiger partial charge in [0.05, 0.1) is 11.0 Å². The molecular weight excluding hydrogens is 691 g/mol. The Labute approximate surface area is 333 Å². The molecular formula is C54H39N3. The van der Waals surface area contributed by atoms with Crippen LogP contribution in [-0.4, -0.2) is 4.57 Å². The summed E-state index contributed by atoms with van der Waals surface area (Å²) in [4.78, 5) is 4.60. The molecule has 10 rings (SSSR count). The molecule has 3 heteroatoms. The van der Waals surface area contributed by atoms with Gasteiger partial charge in [-0.15, -0.1) is 0 Å². The molecule has 3 nitrogen and oxygen atoms in total. The number of anilines is 6.